The van der Waals surface area contributed by atoms with E-state index in [1.54, 1.807) is 0 Å². The van der Waals surface area contributed by atoms with Crippen LogP contribution in [0.1, 0.15) is 25.7 Å². The van der Waals surface area contributed by atoms with Gasteiger partial charge < -0.3 is 0 Å². The summed E-state index contributed by atoms with van der Waals surface area (Å²) in [5.41, 5.74) is 0. The van der Waals surface area contributed by atoms with E-state index in [1.165, 1.54) is 4.90 Å². The summed E-state index contributed by atoms with van der Waals surface area (Å²) in [4.78, 5) is 12.7. The molecule has 16 heavy (non-hydrogen) atoms. The van der Waals surface area contributed by atoms with Crippen LogP contribution in [0.2, 0.25) is 0 Å². The van der Waals surface area contributed by atoms with Gasteiger partial charge in [0.1, 0.15) is 5.78 Å². The van der Waals surface area contributed by atoms with E-state index in [0.717, 1.165) is 36.8 Å². The molecular formula is C13H17BrOS. The third-order valence-corrected chi connectivity index (χ3v) is 3.86. The number of rotatable bonds is 8. The molecule has 0 unspecified atom stereocenters. The minimum absolute atomic E-state index is 0.396. The average molecular weight is 301 g/mol. The molecule has 0 amide bonds. The molecule has 1 nitrogen and oxygen atoms in total. The van der Waals surface area contributed by atoms with Crippen LogP contribution in [-0.4, -0.2) is 16.9 Å². The fraction of sp³-hybridized carbons (Fsp3) is 0.462. The Balaban J connectivity index is 2.06. The number of benzene rings is 1. The zero-order chi connectivity index (χ0) is 11.6. The van der Waals surface area contributed by atoms with Crippen LogP contribution in [0.3, 0.4) is 0 Å². The lowest BCUT2D eigenvalue weighted by Crippen LogP contribution is -1.98. The molecule has 0 saturated carbocycles. The van der Waals surface area contributed by atoms with E-state index in [-0.39, 0.29) is 0 Å². The lowest BCUT2D eigenvalue weighted by atomic mass is 10.1. The van der Waals surface area contributed by atoms with Crippen molar-refractivity contribution in [3.8, 4) is 0 Å². The predicted octanol–water partition coefficient (Wildman–Crippen LogP) is 4.30. The third kappa shape index (κ3) is 6.33. The molecule has 3 heteroatoms. The highest BCUT2D eigenvalue weighted by Crippen LogP contribution is 2.18. The molecule has 0 spiro atoms. The number of thioether (sulfide) groups is 1. The average Bonchev–Trinajstić information content (AvgIpc) is 2.33. The maximum atomic E-state index is 11.4. The molecule has 0 aliphatic carbocycles. The summed E-state index contributed by atoms with van der Waals surface area (Å²) >= 11 is 5.16. The standard InChI is InChI=1S/C13H17BrOS/c14-10-4-6-12(15)7-5-11-16-13-8-2-1-3-9-13/h1-3,8-9H,4-7,10-11H2. The molecule has 0 N–H and O–H groups in total. The molecule has 1 aromatic carbocycles. The highest BCUT2D eigenvalue weighted by atomic mass is 79.9. The molecule has 1 aromatic rings. The van der Waals surface area contributed by atoms with Crippen molar-refractivity contribution < 1.29 is 4.79 Å². The second-order valence-electron chi connectivity index (χ2n) is 3.60. The largest absolute Gasteiger partial charge is 0.300 e. The van der Waals surface area contributed by atoms with Crippen molar-refractivity contribution in [2.24, 2.45) is 0 Å². The highest BCUT2D eigenvalue weighted by Gasteiger charge is 2.01. The smallest absolute Gasteiger partial charge is 0.132 e. The summed E-state index contributed by atoms with van der Waals surface area (Å²) in [6.07, 6.45) is 3.40. The molecular weight excluding hydrogens is 284 g/mol. The maximum absolute atomic E-state index is 11.4. The van der Waals surface area contributed by atoms with Gasteiger partial charge in [-0.1, -0.05) is 34.1 Å². The summed E-state index contributed by atoms with van der Waals surface area (Å²) in [5, 5.41) is 0.928. The molecule has 0 radical (unpaired) electrons. The zero-order valence-corrected chi connectivity index (χ0v) is 11.7. The molecule has 0 aliphatic rings. The maximum Gasteiger partial charge on any atom is 0.132 e. The number of halogens is 1. The minimum Gasteiger partial charge on any atom is -0.300 e. The van der Waals surface area contributed by atoms with E-state index < -0.39 is 0 Å². The van der Waals surface area contributed by atoms with Crippen LogP contribution < -0.4 is 0 Å². The van der Waals surface area contributed by atoms with Crippen molar-refractivity contribution in [1.29, 1.82) is 0 Å². The fourth-order valence-electron chi connectivity index (χ4n) is 1.37. The monoisotopic (exact) mass is 300 g/mol. The van der Waals surface area contributed by atoms with Crippen LogP contribution in [0, 0.1) is 0 Å². The second-order valence-corrected chi connectivity index (χ2v) is 5.56. The first-order valence-corrected chi connectivity index (χ1v) is 7.69. The summed E-state index contributed by atoms with van der Waals surface area (Å²) in [5.74, 6) is 1.43. The number of carbonyl (C=O) groups excluding carboxylic acids is 1. The molecule has 0 bridgehead atoms. The number of Topliss-reactive ketones (excluding diaryl/α,β-unsaturated/α-hetero) is 1. The van der Waals surface area contributed by atoms with Gasteiger partial charge in [-0.2, -0.15) is 0 Å². The quantitative estimate of drug-likeness (QED) is 0.404. The first-order valence-electron chi connectivity index (χ1n) is 5.58. The molecule has 88 valence electrons. The Labute approximate surface area is 110 Å². The first kappa shape index (κ1) is 13.8. The van der Waals surface area contributed by atoms with E-state index in [1.807, 2.05) is 30.0 Å². The van der Waals surface area contributed by atoms with Crippen molar-refractivity contribution in [3.05, 3.63) is 30.3 Å². The van der Waals surface area contributed by atoms with E-state index in [9.17, 15) is 4.79 Å². The number of alkyl halides is 1. The van der Waals surface area contributed by atoms with Crippen molar-refractivity contribution in [3.63, 3.8) is 0 Å². The van der Waals surface area contributed by atoms with Gasteiger partial charge in [0.25, 0.3) is 0 Å². The Bertz CT molecular complexity index is 300. The molecule has 0 saturated heterocycles. The topological polar surface area (TPSA) is 17.1 Å². The number of hydrogen-bond acceptors (Lipinski definition) is 2. The molecule has 0 aliphatic heterocycles. The highest BCUT2D eigenvalue weighted by molar-refractivity contribution is 9.09. The Morgan fingerprint density at radius 1 is 1.12 bits per heavy atom. The van der Waals surface area contributed by atoms with E-state index in [2.05, 4.69) is 28.1 Å². The van der Waals surface area contributed by atoms with Crippen LogP contribution in [-0.2, 0) is 4.79 Å². The van der Waals surface area contributed by atoms with Gasteiger partial charge in [-0.25, -0.2) is 0 Å². The van der Waals surface area contributed by atoms with Gasteiger partial charge in [-0.3, -0.25) is 4.79 Å². The number of ketones is 1. The van der Waals surface area contributed by atoms with Gasteiger partial charge in [-0.15, -0.1) is 11.8 Å². The van der Waals surface area contributed by atoms with Crippen LogP contribution in [0.25, 0.3) is 0 Å². The summed E-state index contributed by atoms with van der Waals surface area (Å²) < 4.78 is 0. The van der Waals surface area contributed by atoms with Crippen LogP contribution in [0.5, 0.6) is 0 Å². The van der Waals surface area contributed by atoms with Crippen LogP contribution in [0.4, 0.5) is 0 Å². The Morgan fingerprint density at radius 3 is 2.50 bits per heavy atom. The lowest BCUT2D eigenvalue weighted by molar-refractivity contribution is -0.119. The molecule has 1 rings (SSSR count). The van der Waals surface area contributed by atoms with E-state index >= 15 is 0 Å². The van der Waals surface area contributed by atoms with Gasteiger partial charge in [0.05, 0.1) is 0 Å². The van der Waals surface area contributed by atoms with Gasteiger partial charge in [0.2, 0.25) is 0 Å². The number of hydrogen-bond donors (Lipinski definition) is 0. The minimum atomic E-state index is 0.396. The molecule has 0 atom stereocenters. The van der Waals surface area contributed by atoms with Crippen LogP contribution >= 0.6 is 27.7 Å². The van der Waals surface area contributed by atoms with Gasteiger partial charge >= 0.3 is 0 Å². The zero-order valence-electron chi connectivity index (χ0n) is 9.32. The first-order chi connectivity index (χ1) is 7.83. The van der Waals surface area contributed by atoms with Crippen LogP contribution in [0.15, 0.2) is 35.2 Å². The summed E-state index contributed by atoms with van der Waals surface area (Å²) in [6.45, 7) is 0. The predicted molar refractivity (Wildman–Crippen MR) is 74.4 cm³/mol. The van der Waals surface area contributed by atoms with Crippen molar-refractivity contribution >= 4 is 33.5 Å². The van der Waals surface area contributed by atoms with E-state index in [0.29, 0.717) is 5.78 Å². The lowest BCUT2D eigenvalue weighted by Gasteiger charge is -2.01. The van der Waals surface area contributed by atoms with Crippen molar-refractivity contribution in [2.75, 3.05) is 11.1 Å². The normalized spacial score (nSPS) is 10.3. The molecule has 0 aromatic heterocycles. The SMILES string of the molecule is O=C(CCCBr)CCCSc1ccccc1. The summed E-state index contributed by atoms with van der Waals surface area (Å²) in [6, 6.07) is 10.3. The molecule has 0 fully saturated rings. The summed E-state index contributed by atoms with van der Waals surface area (Å²) in [7, 11) is 0. The Kier molecular flexibility index (Phi) is 7.60. The van der Waals surface area contributed by atoms with Crippen molar-refractivity contribution in [1.82, 2.24) is 0 Å². The van der Waals surface area contributed by atoms with Gasteiger partial charge in [0.15, 0.2) is 0 Å². The fourth-order valence-corrected chi connectivity index (χ4v) is 2.52. The second kappa shape index (κ2) is 8.82. The Hall–Kier alpha value is -0.280. The van der Waals surface area contributed by atoms with Gasteiger partial charge in [0, 0.05) is 23.1 Å². The van der Waals surface area contributed by atoms with Gasteiger partial charge in [-0.05, 0) is 30.7 Å². The molecule has 0 heterocycles. The number of carbonyl (C=O) groups is 1. The Morgan fingerprint density at radius 2 is 1.81 bits per heavy atom. The van der Waals surface area contributed by atoms with E-state index in [4.69, 9.17) is 0 Å². The van der Waals surface area contributed by atoms with Crippen molar-refractivity contribution in [2.45, 2.75) is 30.6 Å². The third-order valence-electron chi connectivity index (χ3n) is 2.20.